The van der Waals surface area contributed by atoms with Crippen molar-refractivity contribution < 1.29 is 9.18 Å². The third kappa shape index (κ3) is 2.23. The smallest absolute Gasteiger partial charge is 0.136 e. The molecule has 0 aliphatic carbocycles. The van der Waals surface area contributed by atoms with Crippen LogP contribution in [0.1, 0.15) is 31.4 Å². The number of ketones is 1. The van der Waals surface area contributed by atoms with E-state index in [1.54, 1.807) is 18.2 Å². The molecule has 2 nitrogen and oxygen atoms in total. The number of carbonyl (C=O) groups excluding carboxylic acids is 1. The Morgan fingerprint density at radius 1 is 1.33 bits per heavy atom. The van der Waals surface area contributed by atoms with Crippen LogP contribution < -0.4 is 5.32 Å². The molecule has 1 aliphatic rings. The number of Topliss-reactive ketones (excluding diaryl/α,β-unsaturated/α-hetero) is 1. The average Bonchev–Trinajstić information content (AvgIpc) is 2.16. The molecule has 1 N–H and O–H groups in total. The minimum Gasteiger partial charge on any atom is -0.306 e. The van der Waals surface area contributed by atoms with Crippen LogP contribution in [0.15, 0.2) is 24.3 Å². The summed E-state index contributed by atoms with van der Waals surface area (Å²) < 4.78 is 13.5. The Hall–Kier alpha value is -1.22. The van der Waals surface area contributed by atoms with Crippen molar-refractivity contribution in [2.24, 2.45) is 0 Å². The summed E-state index contributed by atoms with van der Waals surface area (Å²) in [5.74, 6) is -0.0357. The molecule has 0 unspecified atom stereocenters. The van der Waals surface area contributed by atoms with E-state index in [2.05, 4.69) is 5.32 Å². The molecule has 2 atom stereocenters. The van der Waals surface area contributed by atoms with Gasteiger partial charge < -0.3 is 5.32 Å². The third-order valence-corrected chi connectivity index (χ3v) is 2.73. The minimum absolute atomic E-state index is 0.135. The van der Waals surface area contributed by atoms with Crippen LogP contribution in [-0.4, -0.2) is 11.8 Å². The van der Waals surface area contributed by atoms with Gasteiger partial charge in [-0.2, -0.15) is 0 Å². The van der Waals surface area contributed by atoms with E-state index in [0.29, 0.717) is 18.4 Å². The highest BCUT2D eigenvalue weighted by molar-refractivity contribution is 5.80. The number of hydrogen-bond acceptors (Lipinski definition) is 2. The Morgan fingerprint density at radius 3 is 2.73 bits per heavy atom. The standard InChI is InChI=1S/C12H14FNO/c1-8-6-9(15)7-12(14-8)10-4-2-3-5-11(10)13/h2-5,8,12,14H,6-7H2,1H3/t8-,12-/m1/s1. The van der Waals surface area contributed by atoms with Gasteiger partial charge in [0.25, 0.3) is 0 Å². The van der Waals surface area contributed by atoms with Gasteiger partial charge in [0.15, 0.2) is 0 Å². The lowest BCUT2D eigenvalue weighted by molar-refractivity contribution is -0.121. The van der Waals surface area contributed by atoms with Crippen molar-refractivity contribution in [1.29, 1.82) is 0 Å². The Kier molecular flexibility index (Phi) is 2.82. The lowest BCUT2D eigenvalue weighted by Crippen LogP contribution is -2.39. The third-order valence-electron chi connectivity index (χ3n) is 2.73. The fourth-order valence-corrected chi connectivity index (χ4v) is 2.07. The zero-order chi connectivity index (χ0) is 10.8. The Balaban J connectivity index is 2.23. The van der Waals surface area contributed by atoms with Gasteiger partial charge in [0.1, 0.15) is 11.6 Å². The van der Waals surface area contributed by atoms with Gasteiger partial charge in [-0.05, 0) is 13.0 Å². The predicted molar refractivity (Wildman–Crippen MR) is 56.0 cm³/mol. The van der Waals surface area contributed by atoms with E-state index >= 15 is 0 Å². The number of benzene rings is 1. The molecule has 15 heavy (non-hydrogen) atoms. The average molecular weight is 207 g/mol. The quantitative estimate of drug-likeness (QED) is 0.765. The van der Waals surface area contributed by atoms with Gasteiger partial charge in [-0.3, -0.25) is 4.79 Å². The SMILES string of the molecule is C[C@@H]1CC(=O)C[C@H](c2ccccc2F)N1. The first-order valence-electron chi connectivity index (χ1n) is 5.19. The summed E-state index contributed by atoms with van der Waals surface area (Å²) in [4.78, 5) is 11.4. The lowest BCUT2D eigenvalue weighted by Gasteiger charge is -2.28. The summed E-state index contributed by atoms with van der Waals surface area (Å²) in [5, 5.41) is 3.24. The molecule has 1 aliphatic heterocycles. The monoisotopic (exact) mass is 207 g/mol. The van der Waals surface area contributed by atoms with Gasteiger partial charge >= 0.3 is 0 Å². The van der Waals surface area contributed by atoms with Crippen LogP contribution in [0.25, 0.3) is 0 Å². The van der Waals surface area contributed by atoms with Crippen LogP contribution in [0.3, 0.4) is 0 Å². The molecule has 1 fully saturated rings. The fourth-order valence-electron chi connectivity index (χ4n) is 2.07. The summed E-state index contributed by atoms with van der Waals surface area (Å²) in [5.41, 5.74) is 0.595. The van der Waals surface area contributed by atoms with Crippen molar-refractivity contribution in [3.05, 3.63) is 35.6 Å². The highest BCUT2D eigenvalue weighted by atomic mass is 19.1. The van der Waals surface area contributed by atoms with Crippen LogP contribution >= 0.6 is 0 Å². The molecule has 0 amide bonds. The first-order chi connectivity index (χ1) is 7.16. The number of halogens is 1. The summed E-state index contributed by atoms with van der Waals surface area (Å²) in [6, 6.07) is 6.59. The van der Waals surface area contributed by atoms with E-state index in [9.17, 15) is 9.18 Å². The zero-order valence-electron chi connectivity index (χ0n) is 8.66. The topological polar surface area (TPSA) is 29.1 Å². The largest absolute Gasteiger partial charge is 0.306 e. The van der Waals surface area contributed by atoms with Crippen molar-refractivity contribution in [1.82, 2.24) is 5.32 Å². The predicted octanol–water partition coefficient (Wildman–Crippen LogP) is 2.21. The molecular weight excluding hydrogens is 193 g/mol. The van der Waals surface area contributed by atoms with Crippen molar-refractivity contribution in [3.63, 3.8) is 0 Å². The molecule has 1 aromatic carbocycles. The number of hydrogen-bond donors (Lipinski definition) is 1. The first-order valence-corrected chi connectivity index (χ1v) is 5.19. The number of nitrogens with one attached hydrogen (secondary N) is 1. The number of piperidine rings is 1. The highest BCUT2D eigenvalue weighted by Gasteiger charge is 2.26. The number of carbonyl (C=O) groups is 1. The molecule has 1 saturated heterocycles. The molecule has 1 aromatic rings. The van der Waals surface area contributed by atoms with Crippen molar-refractivity contribution in [3.8, 4) is 0 Å². The van der Waals surface area contributed by atoms with Crippen LogP contribution in [0, 0.1) is 5.82 Å². The van der Waals surface area contributed by atoms with E-state index in [4.69, 9.17) is 0 Å². The maximum Gasteiger partial charge on any atom is 0.136 e. The molecule has 0 bridgehead atoms. The van der Waals surface area contributed by atoms with Crippen molar-refractivity contribution in [2.45, 2.75) is 31.8 Å². The van der Waals surface area contributed by atoms with Crippen LogP contribution in [0.5, 0.6) is 0 Å². The molecule has 0 radical (unpaired) electrons. The summed E-state index contributed by atoms with van der Waals surface area (Å²) >= 11 is 0. The van der Waals surface area contributed by atoms with Gasteiger partial charge in [0.05, 0.1) is 0 Å². The molecule has 0 aromatic heterocycles. The Bertz CT molecular complexity index is 378. The molecule has 0 spiro atoms. The van der Waals surface area contributed by atoms with Crippen LogP contribution in [0.2, 0.25) is 0 Å². The maximum atomic E-state index is 13.5. The summed E-state index contributed by atoms with van der Waals surface area (Å²) in [6.07, 6.45) is 0.941. The molecule has 3 heteroatoms. The second-order valence-corrected chi connectivity index (χ2v) is 4.09. The Labute approximate surface area is 88.5 Å². The maximum absolute atomic E-state index is 13.5. The van der Waals surface area contributed by atoms with Crippen LogP contribution in [-0.2, 0) is 4.79 Å². The fraction of sp³-hybridized carbons (Fsp3) is 0.417. The Morgan fingerprint density at radius 2 is 2.07 bits per heavy atom. The van der Waals surface area contributed by atoms with E-state index in [-0.39, 0.29) is 23.7 Å². The van der Waals surface area contributed by atoms with Crippen LogP contribution in [0.4, 0.5) is 4.39 Å². The van der Waals surface area contributed by atoms with E-state index in [1.807, 2.05) is 6.92 Å². The summed E-state index contributed by atoms with van der Waals surface area (Å²) in [6.45, 7) is 1.95. The van der Waals surface area contributed by atoms with Gasteiger partial charge in [0, 0.05) is 30.5 Å². The van der Waals surface area contributed by atoms with Crippen molar-refractivity contribution in [2.75, 3.05) is 0 Å². The lowest BCUT2D eigenvalue weighted by atomic mass is 9.93. The second kappa shape index (κ2) is 4.11. The van der Waals surface area contributed by atoms with E-state index < -0.39 is 0 Å². The number of rotatable bonds is 1. The first kappa shape index (κ1) is 10.3. The molecule has 80 valence electrons. The molecule has 1 heterocycles. The molecule has 2 rings (SSSR count). The highest BCUT2D eigenvalue weighted by Crippen LogP contribution is 2.25. The normalized spacial score (nSPS) is 26.7. The summed E-state index contributed by atoms with van der Waals surface area (Å²) in [7, 11) is 0. The van der Waals surface area contributed by atoms with E-state index in [1.165, 1.54) is 6.07 Å². The van der Waals surface area contributed by atoms with Gasteiger partial charge in [-0.25, -0.2) is 4.39 Å². The van der Waals surface area contributed by atoms with Gasteiger partial charge in [0.2, 0.25) is 0 Å². The van der Waals surface area contributed by atoms with Gasteiger partial charge in [-0.15, -0.1) is 0 Å². The molecule has 0 saturated carbocycles. The van der Waals surface area contributed by atoms with Crippen molar-refractivity contribution >= 4 is 5.78 Å². The zero-order valence-corrected chi connectivity index (χ0v) is 8.66. The van der Waals surface area contributed by atoms with E-state index in [0.717, 1.165) is 0 Å². The second-order valence-electron chi connectivity index (χ2n) is 4.09. The molecular formula is C12H14FNO. The minimum atomic E-state index is -0.239. The van der Waals surface area contributed by atoms with Gasteiger partial charge in [-0.1, -0.05) is 18.2 Å².